The Morgan fingerprint density at radius 3 is 2.92 bits per heavy atom. The Morgan fingerprint density at radius 1 is 1.20 bits per heavy atom. The number of nitrogen functional groups attached to an aromatic ring is 1. The van der Waals surface area contributed by atoms with E-state index in [1.807, 2.05) is 17.2 Å². The van der Waals surface area contributed by atoms with Crippen LogP contribution in [0, 0.1) is 5.92 Å². The van der Waals surface area contributed by atoms with Gasteiger partial charge in [0.05, 0.1) is 0 Å². The van der Waals surface area contributed by atoms with E-state index in [1.165, 1.54) is 12.0 Å². The Balaban J connectivity index is 1.50. The van der Waals surface area contributed by atoms with E-state index in [-0.39, 0.29) is 11.9 Å². The first kappa shape index (κ1) is 16.0. The second-order valence-electron chi connectivity index (χ2n) is 7.08. The van der Waals surface area contributed by atoms with E-state index in [9.17, 15) is 4.79 Å². The number of piperidine rings is 1. The number of carbonyl (C=O) groups is 1. The summed E-state index contributed by atoms with van der Waals surface area (Å²) in [7, 11) is 0. The number of aromatic nitrogens is 2. The summed E-state index contributed by atoms with van der Waals surface area (Å²) in [4.78, 5) is 25.7. The van der Waals surface area contributed by atoms with E-state index in [2.05, 4.69) is 20.9 Å². The number of pyridine rings is 2. The molecule has 0 radical (unpaired) electrons. The minimum Gasteiger partial charge on any atom is -0.384 e. The lowest BCUT2D eigenvalue weighted by Gasteiger charge is -2.36. The SMILES string of the molecule is Nc1cc(C(=O)N2C[C@@H]3CC[C@H]2CN(Cc2cccnc2)C3)ccn1. The molecule has 2 N–H and O–H groups in total. The smallest absolute Gasteiger partial charge is 0.254 e. The van der Waals surface area contributed by atoms with Gasteiger partial charge in [-0.15, -0.1) is 0 Å². The van der Waals surface area contributed by atoms with E-state index < -0.39 is 0 Å². The fraction of sp³-hybridized carbons (Fsp3) is 0.421. The Bertz CT molecular complexity index is 750. The number of carbonyl (C=O) groups excluding carboxylic acids is 1. The van der Waals surface area contributed by atoms with Crippen LogP contribution in [0.4, 0.5) is 5.82 Å². The van der Waals surface area contributed by atoms with Gasteiger partial charge >= 0.3 is 0 Å². The molecule has 6 heteroatoms. The molecule has 1 amide bonds. The predicted octanol–water partition coefficient (Wildman–Crippen LogP) is 1.80. The molecule has 0 saturated carbocycles. The van der Waals surface area contributed by atoms with Crippen molar-refractivity contribution in [2.75, 3.05) is 25.4 Å². The van der Waals surface area contributed by atoms with Crippen molar-refractivity contribution in [2.45, 2.75) is 25.4 Å². The van der Waals surface area contributed by atoms with Crippen molar-refractivity contribution in [1.82, 2.24) is 19.8 Å². The third-order valence-electron chi connectivity index (χ3n) is 5.21. The van der Waals surface area contributed by atoms with Crippen LogP contribution in [0.2, 0.25) is 0 Å². The van der Waals surface area contributed by atoms with E-state index in [1.54, 1.807) is 24.5 Å². The molecule has 2 bridgehead atoms. The summed E-state index contributed by atoms with van der Waals surface area (Å²) in [6, 6.07) is 7.78. The molecule has 2 aromatic heterocycles. The zero-order valence-electron chi connectivity index (χ0n) is 14.2. The van der Waals surface area contributed by atoms with Gasteiger partial charge in [0.2, 0.25) is 0 Å². The van der Waals surface area contributed by atoms with Gasteiger partial charge < -0.3 is 10.6 Å². The molecule has 2 atom stereocenters. The Labute approximate surface area is 147 Å². The van der Waals surface area contributed by atoms with Crippen LogP contribution in [-0.2, 0) is 6.54 Å². The summed E-state index contributed by atoms with van der Waals surface area (Å²) in [5.74, 6) is 0.995. The molecule has 2 aromatic rings. The van der Waals surface area contributed by atoms with Crippen LogP contribution in [-0.4, -0.2) is 51.4 Å². The first-order valence-corrected chi connectivity index (χ1v) is 8.83. The number of amides is 1. The second kappa shape index (κ2) is 6.80. The van der Waals surface area contributed by atoms with Gasteiger partial charge in [-0.25, -0.2) is 4.98 Å². The fourth-order valence-electron chi connectivity index (χ4n) is 4.05. The molecule has 130 valence electrons. The van der Waals surface area contributed by atoms with E-state index in [0.717, 1.165) is 32.6 Å². The summed E-state index contributed by atoms with van der Waals surface area (Å²) in [6.45, 7) is 3.67. The Morgan fingerprint density at radius 2 is 2.12 bits per heavy atom. The number of nitrogens with zero attached hydrogens (tertiary/aromatic N) is 4. The molecule has 25 heavy (non-hydrogen) atoms. The molecule has 0 unspecified atom stereocenters. The van der Waals surface area contributed by atoms with Crippen LogP contribution in [0.25, 0.3) is 0 Å². The first-order chi connectivity index (χ1) is 12.2. The predicted molar refractivity (Wildman–Crippen MR) is 95.7 cm³/mol. The highest BCUT2D eigenvalue weighted by Gasteiger charge is 2.37. The van der Waals surface area contributed by atoms with Crippen molar-refractivity contribution in [3.63, 3.8) is 0 Å². The summed E-state index contributed by atoms with van der Waals surface area (Å²) >= 11 is 0. The van der Waals surface area contributed by atoms with Crippen molar-refractivity contribution in [1.29, 1.82) is 0 Å². The molecular formula is C19H23N5O. The second-order valence-corrected chi connectivity index (χ2v) is 7.08. The third kappa shape index (κ3) is 3.49. The number of hydrogen-bond acceptors (Lipinski definition) is 5. The quantitative estimate of drug-likeness (QED) is 0.924. The minimum atomic E-state index is 0.0760. The summed E-state index contributed by atoms with van der Waals surface area (Å²) in [5, 5.41) is 0. The highest BCUT2D eigenvalue weighted by atomic mass is 16.2. The van der Waals surface area contributed by atoms with E-state index in [0.29, 0.717) is 17.3 Å². The lowest BCUT2D eigenvalue weighted by Crippen LogP contribution is -2.47. The molecular weight excluding hydrogens is 314 g/mol. The number of rotatable bonds is 3. The summed E-state index contributed by atoms with van der Waals surface area (Å²) in [5.41, 5.74) is 7.61. The monoisotopic (exact) mass is 337 g/mol. The van der Waals surface area contributed by atoms with Crippen molar-refractivity contribution in [3.8, 4) is 0 Å². The Hall–Kier alpha value is -2.47. The molecule has 0 spiro atoms. The van der Waals surface area contributed by atoms with Crippen LogP contribution in [0.5, 0.6) is 0 Å². The molecule has 0 aliphatic carbocycles. The largest absolute Gasteiger partial charge is 0.384 e. The average Bonchev–Trinajstić information content (AvgIpc) is 2.92. The molecule has 3 aliphatic heterocycles. The van der Waals surface area contributed by atoms with Crippen LogP contribution in [0.15, 0.2) is 42.9 Å². The van der Waals surface area contributed by atoms with Crippen molar-refractivity contribution in [3.05, 3.63) is 54.0 Å². The molecule has 5 rings (SSSR count). The number of fused-ring (bicyclic) bond motifs is 4. The average molecular weight is 337 g/mol. The van der Waals surface area contributed by atoms with Gasteiger partial charge in [-0.1, -0.05) is 6.07 Å². The van der Waals surface area contributed by atoms with Crippen LogP contribution in [0.3, 0.4) is 0 Å². The van der Waals surface area contributed by atoms with Gasteiger partial charge in [0, 0.05) is 56.4 Å². The molecule has 6 nitrogen and oxygen atoms in total. The van der Waals surface area contributed by atoms with E-state index >= 15 is 0 Å². The van der Waals surface area contributed by atoms with E-state index in [4.69, 9.17) is 5.73 Å². The maximum absolute atomic E-state index is 13.0. The molecule has 3 saturated heterocycles. The lowest BCUT2D eigenvalue weighted by molar-refractivity contribution is 0.0585. The highest BCUT2D eigenvalue weighted by molar-refractivity contribution is 5.95. The van der Waals surface area contributed by atoms with Gasteiger partial charge in [0.1, 0.15) is 5.82 Å². The van der Waals surface area contributed by atoms with Gasteiger partial charge in [0.15, 0.2) is 0 Å². The van der Waals surface area contributed by atoms with Gasteiger partial charge in [0.25, 0.3) is 5.91 Å². The zero-order chi connectivity index (χ0) is 17.2. The van der Waals surface area contributed by atoms with Crippen LogP contribution < -0.4 is 5.73 Å². The molecule has 3 aliphatic rings. The van der Waals surface area contributed by atoms with Crippen LogP contribution in [0.1, 0.15) is 28.8 Å². The van der Waals surface area contributed by atoms with Crippen molar-refractivity contribution in [2.24, 2.45) is 5.92 Å². The third-order valence-corrected chi connectivity index (χ3v) is 5.21. The molecule has 3 fully saturated rings. The topological polar surface area (TPSA) is 75.4 Å². The molecule has 0 aromatic carbocycles. The first-order valence-electron chi connectivity index (χ1n) is 8.83. The normalized spacial score (nSPS) is 23.4. The zero-order valence-corrected chi connectivity index (χ0v) is 14.2. The fourth-order valence-corrected chi connectivity index (χ4v) is 4.05. The van der Waals surface area contributed by atoms with Gasteiger partial charge in [-0.3, -0.25) is 14.7 Å². The van der Waals surface area contributed by atoms with Crippen molar-refractivity contribution < 1.29 is 4.79 Å². The number of hydrogen-bond donors (Lipinski definition) is 1. The highest BCUT2D eigenvalue weighted by Crippen LogP contribution is 2.30. The number of nitrogens with two attached hydrogens (primary N) is 1. The van der Waals surface area contributed by atoms with Crippen molar-refractivity contribution >= 4 is 11.7 Å². The number of anilines is 1. The Kier molecular flexibility index (Phi) is 4.36. The summed E-state index contributed by atoms with van der Waals surface area (Å²) in [6.07, 6.45) is 7.59. The van der Waals surface area contributed by atoms with Crippen LogP contribution >= 0.6 is 0 Å². The lowest BCUT2D eigenvalue weighted by atomic mass is 9.94. The molecule has 5 heterocycles. The maximum Gasteiger partial charge on any atom is 0.254 e. The standard InChI is InChI=1S/C19H23N5O/c20-18-8-16(5-7-22-18)19(25)24-12-15-3-4-17(24)13-23(11-15)10-14-2-1-6-21-9-14/h1-2,5-9,15,17H,3-4,10-13H2,(H2,20,22)/t15-,17+/m1/s1. The maximum atomic E-state index is 13.0. The van der Waals surface area contributed by atoms with Gasteiger partial charge in [-0.05, 0) is 42.5 Å². The summed E-state index contributed by atoms with van der Waals surface area (Å²) < 4.78 is 0. The minimum absolute atomic E-state index is 0.0760. The van der Waals surface area contributed by atoms with Gasteiger partial charge in [-0.2, -0.15) is 0 Å².